The van der Waals surface area contributed by atoms with E-state index in [0.29, 0.717) is 0 Å². The first-order chi connectivity index (χ1) is 5.36. The molecule has 1 aliphatic rings. The summed E-state index contributed by atoms with van der Waals surface area (Å²) in [6, 6.07) is 0. The van der Waals surface area contributed by atoms with Crippen LogP contribution < -0.4 is 0 Å². The van der Waals surface area contributed by atoms with E-state index in [2.05, 4.69) is 13.0 Å². The van der Waals surface area contributed by atoms with Gasteiger partial charge in [-0.1, -0.05) is 25.0 Å². The third-order valence-corrected chi connectivity index (χ3v) is 2.27. The van der Waals surface area contributed by atoms with Gasteiger partial charge in [0.05, 0.1) is 0 Å². The Bertz CT molecular complexity index is 158. The van der Waals surface area contributed by atoms with Crippen molar-refractivity contribution in [3.8, 4) is 0 Å². The van der Waals surface area contributed by atoms with E-state index in [0.717, 1.165) is 19.1 Å². The van der Waals surface area contributed by atoms with Gasteiger partial charge in [-0.3, -0.25) is 0 Å². The maximum Gasteiger partial charge on any atom is 0.126 e. The zero-order valence-corrected chi connectivity index (χ0v) is 7.18. The minimum atomic E-state index is 0.238. The molecule has 1 unspecified atom stereocenters. The lowest BCUT2D eigenvalue weighted by atomic mass is 10.1. The first kappa shape index (κ1) is 8.51. The SMILES string of the molecule is CCCCC1=CC(C=O)CC1. The summed E-state index contributed by atoms with van der Waals surface area (Å²) in [6.45, 7) is 2.20. The monoisotopic (exact) mass is 152 g/mol. The maximum absolute atomic E-state index is 10.4. The fourth-order valence-electron chi connectivity index (χ4n) is 1.54. The topological polar surface area (TPSA) is 17.1 Å². The molecule has 0 amide bonds. The van der Waals surface area contributed by atoms with Gasteiger partial charge in [-0.25, -0.2) is 0 Å². The van der Waals surface area contributed by atoms with Crippen LogP contribution in [-0.4, -0.2) is 6.29 Å². The molecule has 62 valence electrons. The van der Waals surface area contributed by atoms with Crippen LogP contribution in [0.5, 0.6) is 0 Å². The Morgan fingerprint density at radius 3 is 3.09 bits per heavy atom. The van der Waals surface area contributed by atoms with Crippen LogP contribution in [0.2, 0.25) is 0 Å². The highest BCUT2D eigenvalue weighted by Gasteiger charge is 2.13. The van der Waals surface area contributed by atoms with Gasteiger partial charge in [0.1, 0.15) is 6.29 Å². The van der Waals surface area contributed by atoms with Crippen LogP contribution >= 0.6 is 0 Å². The van der Waals surface area contributed by atoms with Crippen molar-refractivity contribution in [3.05, 3.63) is 11.6 Å². The summed E-state index contributed by atoms with van der Waals surface area (Å²) in [6.07, 6.45) is 9.18. The highest BCUT2D eigenvalue weighted by atomic mass is 16.1. The molecule has 0 saturated carbocycles. The molecule has 1 heteroatoms. The number of hydrogen-bond acceptors (Lipinski definition) is 1. The van der Waals surface area contributed by atoms with Gasteiger partial charge in [-0.15, -0.1) is 0 Å². The van der Waals surface area contributed by atoms with E-state index in [9.17, 15) is 4.79 Å². The van der Waals surface area contributed by atoms with Gasteiger partial charge in [0.2, 0.25) is 0 Å². The molecule has 0 bridgehead atoms. The number of carbonyl (C=O) groups excluding carboxylic acids is 1. The molecular weight excluding hydrogens is 136 g/mol. The molecule has 11 heavy (non-hydrogen) atoms. The van der Waals surface area contributed by atoms with Crippen LogP contribution in [0.25, 0.3) is 0 Å². The summed E-state index contributed by atoms with van der Waals surface area (Å²) in [5, 5.41) is 0. The number of aldehydes is 1. The number of hydrogen-bond donors (Lipinski definition) is 0. The van der Waals surface area contributed by atoms with Crippen molar-refractivity contribution in [2.24, 2.45) is 5.92 Å². The average Bonchev–Trinajstić information content (AvgIpc) is 2.48. The van der Waals surface area contributed by atoms with E-state index in [-0.39, 0.29) is 5.92 Å². The van der Waals surface area contributed by atoms with Crippen molar-refractivity contribution in [2.45, 2.75) is 39.0 Å². The zero-order chi connectivity index (χ0) is 8.10. The molecule has 0 aromatic carbocycles. The van der Waals surface area contributed by atoms with Crippen molar-refractivity contribution in [1.29, 1.82) is 0 Å². The molecule has 0 saturated heterocycles. The first-order valence-electron chi connectivity index (χ1n) is 4.51. The van der Waals surface area contributed by atoms with E-state index in [1.165, 1.54) is 24.8 Å². The van der Waals surface area contributed by atoms with Gasteiger partial charge < -0.3 is 4.79 Å². The molecule has 1 aliphatic carbocycles. The van der Waals surface area contributed by atoms with Crippen molar-refractivity contribution in [2.75, 3.05) is 0 Å². The minimum absolute atomic E-state index is 0.238. The standard InChI is InChI=1S/C10H16O/c1-2-3-4-9-5-6-10(7-9)8-11/h7-8,10H,2-6H2,1H3. The van der Waals surface area contributed by atoms with Gasteiger partial charge in [0, 0.05) is 5.92 Å². The fourth-order valence-corrected chi connectivity index (χ4v) is 1.54. The molecular formula is C10H16O. The van der Waals surface area contributed by atoms with Crippen molar-refractivity contribution < 1.29 is 4.79 Å². The molecule has 0 N–H and O–H groups in total. The Balaban J connectivity index is 2.30. The third kappa shape index (κ3) is 2.49. The molecule has 0 aromatic heterocycles. The van der Waals surface area contributed by atoms with Crippen molar-refractivity contribution in [3.63, 3.8) is 0 Å². The van der Waals surface area contributed by atoms with E-state index in [4.69, 9.17) is 0 Å². The Morgan fingerprint density at radius 2 is 2.55 bits per heavy atom. The second-order valence-corrected chi connectivity index (χ2v) is 3.27. The molecule has 0 heterocycles. The summed E-state index contributed by atoms with van der Waals surface area (Å²) in [4.78, 5) is 10.4. The summed E-state index contributed by atoms with van der Waals surface area (Å²) in [5.41, 5.74) is 1.50. The third-order valence-electron chi connectivity index (χ3n) is 2.27. The van der Waals surface area contributed by atoms with E-state index in [1.54, 1.807) is 0 Å². The van der Waals surface area contributed by atoms with Crippen LogP contribution in [0.4, 0.5) is 0 Å². The molecule has 0 spiro atoms. The predicted molar refractivity (Wildman–Crippen MR) is 46.4 cm³/mol. The lowest BCUT2D eigenvalue weighted by Crippen LogP contribution is -1.89. The van der Waals surface area contributed by atoms with Crippen molar-refractivity contribution >= 4 is 6.29 Å². The molecule has 0 fully saturated rings. The normalized spacial score (nSPS) is 23.4. The van der Waals surface area contributed by atoms with E-state index < -0.39 is 0 Å². The fraction of sp³-hybridized carbons (Fsp3) is 0.700. The highest BCUT2D eigenvalue weighted by molar-refractivity contribution is 5.58. The number of unbranched alkanes of at least 4 members (excludes halogenated alkanes) is 1. The van der Waals surface area contributed by atoms with Crippen LogP contribution in [0.1, 0.15) is 39.0 Å². The molecule has 0 aliphatic heterocycles. The van der Waals surface area contributed by atoms with Gasteiger partial charge in [-0.05, 0) is 25.7 Å². The van der Waals surface area contributed by atoms with Gasteiger partial charge in [0.25, 0.3) is 0 Å². The minimum Gasteiger partial charge on any atom is -0.303 e. The Morgan fingerprint density at radius 1 is 1.73 bits per heavy atom. The summed E-state index contributed by atoms with van der Waals surface area (Å²) < 4.78 is 0. The summed E-state index contributed by atoms with van der Waals surface area (Å²) in [5.74, 6) is 0.238. The summed E-state index contributed by atoms with van der Waals surface area (Å²) >= 11 is 0. The van der Waals surface area contributed by atoms with E-state index in [1.807, 2.05) is 0 Å². The zero-order valence-electron chi connectivity index (χ0n) is 7.18. The van der Waals surface area contributed by atoms with Crippen LogP contribution in [0.3, 0.4) is 0 Å². The van der Waals surface area contributed by atoms with Gasteiger partial charge in [-0.2, -0.15) is 0 Å². The lowest BCUT2D eigenvalue weighted by Gasteiger charge is -1.96. The van der Waals surface area contributed by atoms with Crippen LogP contribution in [-0.2, 0) is 4.79 Å². The molecule has 1 rings (SSSR count). The quantitative estimate of drug-likeness (QED) is 0.447. The average molecular weight is 152 g/mol. The summed E-state index contributed by atoms with van der Waals surface area (Å²) in [7, 11) is 0. The smallest absolute Gasteiger partial charge is 0.126 e. The molecule has 0 radical (unpaired) electrons. The van der Waals surface area contributed by atoms with Gasteiger partial charge >= 0.3 is 0 Å². The molecule has 0 aromatic rings. The highest BCUT2D eigenvalue weighted by Crippen LogP contribution is 2.25. The molecule has 1 atom stereocenters. The number of rotatable bonds is 4. The maximum atomic E-state index is 10.4. The second-order valence-electron chi connectivity index (χ2n) is 3.27. The van der Waals surface area contributed by atoms with Crippen molar-refractivity contribution in [1.82, 2.24) is 0 Å². The Kier molecular flexibility index (Phi) is 3.34. The van der Waals surface area contributed by atoms with E-state index >= 15 is 0 Å². The largest absolute Gasteiger partial charge is 0.303 e. The number of allylic oxidation sites excluding steroid dienone is 2. The first-order valence-corrected chi connectivity index (χ1v) is 4.51. The van der Waals surface area contributed by atoms with Gasteiger partial charge in [0.15, 0.2) is 0 Å². The predicted octanol–water partition coefficient (Wildman–Crippen LogP) is 2.71. The number of carbonyl (C=O) groups is 1. The Labute approximate surface area is 68.5 Å². The lowest BCUT2D eigenvalue weighted by molar-refractivity contribution is -0.109. The van der Waals surface area contributed by atoms with Crippen LogP contribution in [0.15, 0.2) is 11.6 Å². The van der Waals surface area contributed by atoms with Crippen LogP contribution in [0, 0.1) is 5.92 Å². The second kappa shape index (κ2) is 4.32. The molecule has 1 nitrogen and oxygen atoms in total. The Hall–Kier alpha value is -0.590.